The van der Waals surface area contributed by atoms with E-state index in [0.717, 1.165) is 0 Å². The van der Waals surface area contributed by atoms with Gasteiger partial charge in [0.2, 0.25) is 0 Å². The molecular weight excluding hydrogens is 98.1 g/mol. The Balaban J connectivity index is 2.33. The van der Waals surface area contributed by atoms with Gasteiger partial charge < -0.3 is 0 Å². The smallest absolute Gasteiger partial charge is 0.0467 e. The quantitative estimate of drug-likeness (QED) is 0.453. The van der Waals surface area contributed by atoms with Crippen LogP contribution in [0, 0.1) is 0 Å². The van der Waals surface area contributed by atoms with Crippen LogP contribution in [0.15, 0.2) is 4.99 Å². The predicted octanol–water partition coefficient (Wildman–Crippen LogP) is 2.02. The van der Waals surface area contributed by atoms with Gasteiger partial charge in [-0.05, 0) is 32.4 Å². The van der Waals surface area contributed by atoms with Crippen molar-refractivity contribution < 1.29 is 0 Å². The predicted molar refractivity (Wildman–Crippen MR) is 36.4 cm³/mol. The highest BCUT2D eigenvalue weighted by Crippen LogP contribution is 2.08. The molecule has 0 amide bonds. The Morgan fingerprint density at radius 3 is 3.25 bits per heavy atom. The van der Waals surface area contributed by atoms with Crippen LogP contribution < -0.4 is 0 Å². The highest BCUT2D eigenvalue weighted by Gasteiger charge is 1.99. The van der Waals surface area contributed by atoms with E-state index in [1.807, 2.05) is 0 Å². The molecule has 0 N–H and O–H groups in total. The van der Waals surface area contributed by atoms with Crippen LogP contribution in [0.1, 0.15) is 32.6 Å². The van der Waals surface area contributed by atoms with Gasteiger partial charge in [0.15, 0.2) is 0 Å². The molecule has 1 heteroatoms. The van der Waals surface area contributed by atoms with E-state index in [2.05, 4.69) is 18.1 Å². The van der Waals surface area contributed by atoms with Crippen molar-refractivity contribution in [1.29, 1.82) is 0 Å². The topological polar surface area (TPSA) is 12.4 Å². The second-order valence-electron chi connectivity index (χ2n) is 2.47. The maximum atomic E-state index is 4.30. The molecule has 1 atom stereocenters. The summed E-state index contributed by atoms with van der Waals surface area (Å²) in [6.07, 6.45) is 7.26. The summed E-state index contributed by atoms with van der Waals surface area (Å²) in [5.41, 5.74) is 0. The molecule has 0 fully saturated rings. The molecule has 1 unspecified atom stereocenters. The van der Waals surface area contributed by atoms with Crippen molar-refractivity contribution in [3.8, 4) is 0 Å². The first-order chi connectivity index (χ1) is 3.89. The van der Waals surface area contributed by atoms with Crippen molar-refractivity contribution in [3.63, 3.8) is 0 Å². The molecule has 0 radical (unpaired) electrons. The molecule has 8 heavy (non-hydrogen) atoms. The van der Waals surface area contributed by atoms with Gasteiger partial charge in [0, 0.05) is 6.04 Å². The fourth-order valence-electron chi connectivity index (χ4n) is 1.00. The zero-order valence-electron chi connectivity index (χ0n) is 5.43. The Morgan fingerprint density at radius 2 is 2.38 bits per heavy atom. The van der Waals surface area contributed by atoms with Crippen LogP contribution in [0.25, 0.3) is 0 Å². The van der Waals surface area contributed by atoms with Crippen molar-refractivity contribution in [2.75, 3.05) is 0 Å². The lowest BCUT2D eigenvalue weighted by Gasteiger charge is -1.98. The highest BCUT2D eigenvalue weighted by atomic mass is 14.8. The first-order valence-corrected chi connectivity index (χ1v) is 3.41. The lowest BCUT2D eigenvalue weighted by atomic mass is 10.1. The van der Waals surface area contributed by atoms with Gasteiger partial charge in [0.05, 0.1) is 0 Å². The third-order valence-electron chi connectivity index (χ3n) is 1.57. The summed E-state index contributed by atoms with van der Waals surface area (Å²) in [6.45, 7) is 2.18. The lowest BCUT2D eigenvalue weighted by Crippen LogP contribution is -1.93. The Hall–Kier alpha value is -0.330. The van der Waals surface area contributed by atoms with E-state index in [9.17, 15) is 0 Å². The number of nitrogens with zero attached hydrogens (tertiary/aromatic N) is 1. The van der Waals surface area contributed by atoms with E-state index in [1.54, 1.807) is 0 Å². The van der Waals surface area contributed by atoms with Gasteiger partial charge >= 0.3 is 0 Å². The molecule has 1 aliphatic rings. The maximum Gasteiger partial charge on any atom is 0.0467 e. The Morgan fingerprint density at radius 1 is 1.50 bits per heavy atom. The minimum atomic E-state index is 0.595. The van der Waals surface area contributed by atoms with Crippen molar-refractivity contribution in [2.45, 2.75) is 38.6 Å². The third-order valence-corrected chi connectivity index (χ3v) is 1.57. The molecule has 0 bridgehead atoms. The lowest BCUT2D eigenvalue weighted by molar-refractivity contribution is 0.630. The molecule has 1 nitrogen and oxygen atoms in total. The monoisotopic (exact) mass is 111 g/mol. The SMILES string of the molecule is CC1CCCCC=N1. The first-order valence-electron chi connectivity index (χ1n) is 3.41. The molecule has 0 spiro atoms. The Labute approximate surface area is 50.8 Å². The molecule has 0 aromatic carbocycles. The summed E-state index contributed by atoms with van der Waals surface area (Å²) in [6, 6.07) is 0.595. The van der Waals surface area contributed by atoms with Crippen LogP contribution in [-0.4, -0.2) is 12.3 Å². The Bertz CT molecular complexity index is 86.4. The number of hydrogen-bond donors (Lipinski definition) is 0. The van der Waals surface area contributed by atoms with Crippen molar-refractivity contribution >= 4 is 6.21 Å². The molecule has 0 aromatic heterocycles. The summed E-state index contributed by atoms with van der Waals surface area (Å²) >= 11 is 0. The van der Waals surface area contributed by atoms with E-state index < -0.39 is 0 Å². The van der Waals surface area contributed by atoms with Crippen LogP contribution in [0.3, 0.4) is 0 Å². The van der Waals surface area contributed by atoms with Crippen LogP contribution in [-0.2, 0) is 0 Å². The van der Waals surface area contributed by atoms with Crippen LogP contribution in [0.4, 0.5) is 0 Å². The van der Waals surface area contributed by atoms with E-state index >= 15 is 0 Å². The highest BCUT2D eigenvalue weighted by molar-refractivity contribution is 5.57. The fourth-order valence-corrected chi connectivity index (χ4v) is 1.00. The molecule has 0 saturated carbocycles. The summed E-state index contributed by atoms with van der Waals surface area (Å²) in [5.74, 6) is 0. The molecule has 1 rings (SSSR count). The first kappa shape index (κ1) is 5.80. The van der Waals surface area contributed by atoms with Gasteiger partial charge in [0.25, 0.3) is 0 Å². The van der Waals surface area contributed by atoms with Crippen molar-refractivity contribution in [1.82, 2.24) is 0 Å². The minimum Gasteiger partial charge on any atom is -0.295 e. The molecule has 0 aromatic rings. The van der Waals surface area contributed by atoms with E-state index in [-0.39, 0.29) is 0 Å². The molecule has 1 heterocycles. The molecule has 0 aliphatic carbocycles. The fraction of sp³-hybridized carbons (Fsp3) is 0.857. The van der Waals surface area contributed by atoms with Crippen molar-refractivity contribution in [3.05, 3.63) is 0 Å². The molecule has 0 saturated heterocycles. The maximum absolute atomic E-state index is 4.30. The zero-order valence-corrected chi connectivity index (χ0v) is 5.43. The Kier molecular flexibility index (Phi) is 2.07. The van der Waals surface area contributed by atoms with Gasteiger partial charge in [-0.25, -0.2) is 0 Å². The van der Waals surface area contributed by atoms with Crippen LogP contribution >= 0.6 is 0 Å². The van der Waals surface area contributed by atoms with Gasteiger partial charge in [-0.2, -0.15) is 0 Å². The summed E-state index contributed by atoms with van der Waals surface area (Å²) in [5, 5.41) is 0. The average molecular weight is 111 g/mol. The van der Waals surface area contributed by atoms with E-state index in [1.165, 1.54) is 25.7 Å². The summed E-state index contributed by atoms with van der Waals surface area (Å²) in [7, 11) is 0. The van der Waals surface area contributed by atoms with Gasteiger partial charge in [0.1, 0.15) is 0 Å². The zero-order chi connectivity index (χ0) is 5.82. The van der Waals surface area contributed by atoms with E-state index in [0.29, 0.717) is 6.04 Å². The number of rotatable bonds is 0. The van der Waals surface area contributed by atoms with Gasteiger partial charge in [-0.3, -0.25) is 4.99 Å². The van der Waals surface area contributed by atoms with Crippen LogP contribution in [0.2, 0.25) is 0 Å². The number of hydrogen-bond acceptors (Lipinski definition) is 1. The normalized spacial score (nSPS) is 29.9. The summed E-state index contributed by atoms with van der Waals surface area (Å²) in [4.78, 5) is 4.30. The second kappa shape index (κ2) is 2.85. The average Bonchev–Trinajstić information content (AvgIpc) is 1.94. The second-order valence-corrected chi connectivity index (χ2v) is 2.47. The third kappa shape index (κ3) is 1.65. The van der Waals surface area contributed by atoms with Crippen LogP contribution in [0.5, 0.6) is 0 Å². The van der Waals surface area contributed by atoms with Crippen molar-refractivity contribution in [2.24, 2.45) is 4.99 Å². The van der Waals surface area contributed by atoms with Gasteiger partial charge in [-0.1, -0.05) is 6.42 Å². The molecule has 46 valence electrons. The largest absolute Gasteiger partial charge is 0.295 e. The minimum absolute atomic E-state index is 0.595. The molecular formula is C7H13N. The van der Waals surface area contributed by atoms with E-state index in [4.69, 9.17) is 0 Å². The molecule has 1 aliphatic heterocycles. The summed E-state index contributed by atoms with van der Waals surface area (Å²) < 4.78 is 0. The number of aliphatic imine (C=N–C) groups is 1. The van der Waals surface area contributed by atoms with Gasteiger partial charge in [-0.15, -0.1) is 0 Å². The standard InChI is InChI=1S/C7H13N/c1-7-5-3-2-4-6-8-7/h6-7H,2-5H2,1H3.